The van der Waals surface area contributed by atoms with Gasteiger partial charge in [-0.3, -0.25) is 4.79 Å². The minimum absolute atomic E-state index is 0.0161. The molecule has 0 bridgehead atoms. The van der Waals surface area contributed by atoms with Gasteiger partial charge in [0.2, 0.25) is 0 Å². The minimum atomic E-state index is -0.532. The summed E-state index contributed by atoms with van der Waals surface area (Å²) in [4.78, 5) is 19.5. The van der Waals surface area contributed by atoms with Crippen LogP contribution in [0.4, 0.5) is 10.1 Å². The number of nitrogens with one attached hydrogen (secondary N) is 1. The van der Waals surface area contributed by atoms with Crippen LogP contribution in [-0.2, 0) is 0 Å². The lowest BCUT2D eigenvalue weighted by molar-refractivity contribution is 0.102. The summed E-state index contributed by atoms with van der Waals surface area (Å²) in [6.07, 6.45) is 1.17. The van der Waals surface area contributed by atoms with Crippen molar-refractivity contribution in [3.63, 3.8) is 0 Å². The first-order valence-corrected chi connectivity index (χ1v) is 5.98. The van der Waals surface area contributed by atoms with Gasteiger partial charge in [-0.25, -0.2) is 14.4 Å². The second-order valence-corrected chi connectivity index (χ2v) is 4.46. The van der Waals surface area contributed by atoms with E-state index in [4.69, 9.17) is 23.2 Å². The summed E-state index contributed by atoms with van der Waals surface area (Å²) in [5.41, 5.74) is 0.915. The molecule has 2 aromatic rings. The van der Waals surface area contributed by atoms with E-state index in [1.807, 2.05) is 0 Å². The van der Waals surface area contributed by atoms with Crippen molar-refractivity contribution in [2.45, 2.75) is 6.92 Å². The first kappa shape index (κ1) is 13.7. The third kappa shape index (κ3) is 3.00. The highest BCUT2D eigenvalue weighted by Crippen LogP contribution is 2.26. The Morgan fingerprint density at radius 2 is 1.89 bits per heavy atom. The van der Waals surface area contributed by atoms with Crippen LogP contribution in [0.3, 0.4) is 0 Å². The normalized spacial score (nSPS) is 10.3. The topological polar surface area (TPSA) is 54.9 Å². The Morgan fingerprint density at radius 1 is 1.26 bits per heavy atom. The van der Waals surface area contributed by atoms with E-state index in [1.54, 1.807) is 6.92 Å². The standard InChI is InChI=1S/C12H8Cl2FN3O/c1-6-2-3-7(15)4-8(6)12(19)18-9-10(13)16-5-17-11(9)14/h2-5H,1H3,(H,18,19). The number of halogens is 3. The fourth-order valence-electron chi connectivity index (χ4n) is 1.47. The van der Waals surface area contributed by atoms with Crippen LogP contribution < -0.4 is 5.32 Å². The number of benzene rings is 1. The van der Waals surface area contributed by atoms with Crippen LogP contribution in [-0.4, -0.2) is 15.9 Å². The summed E-state index contributed by atoms with van der Waals surface area (Å²) in [7, 11) is 0. The van der Waals surface area contributed by atoms with E-state index in [-0.39, 0.29) is 21.6 Å². The summed E-state index contributed by atoms with van der Waals surface area (Å²) < 4.78 is 13.1. The fourth-order valence-corrected chi connectivity index (χ4v) is 1.88. The number of hydrogen-bond donors (Lipinski definition) is 1. The number of carbonyl (C=O) groups excluding carboxylic acids is 1. The van der Waals surface area contributed by atoms with Crippen molar-refractivity contribution < 1.29 is 9.18 Å². The van der Waals surface area contributed by atoms with Gasteiger partial charge in [-0.2, -0.15) is 0 Å². The van der Waals surface area contributed by atoms with E-state index in [1.165, 1.54) is 18.5 Å². The average molecular weight is 300 g/mol. The number of carbonyl (C=O) groups is 1. The highest BCUT2D eigenvalue weighted by molar-refractivity contribution is 6.38. The molecule has 1 aromatic carbocycles. The van der Waals surface area contributed by atoms with Crippen molar-refractivity contribution in [2.24, 2.45) is 0 Å². The molecule has 2 rings (SSSR count). The van der Waals surface area contributed by atoms with Crippen LogP contribution in [0.1, 0.15) is 15.9 Å². The van der Waals surface area contributed by atoms with Crippen LogP contribution in [0, 0.1) is 12.7 Å². The number of anilines is 1. The van der Waals surface area contributed by atoms with Crippen molar-refractivity contribution in [1.82, 2.24) is 9.97 Å². The molecule has 1 heterocycles. The molecule has 98 valence electrons. The third-order valence-electron chi connectivity index (χ3n) is 2.44. The molecule has 0 aliphatic carbocycles. The van der Waals surface area contributed by atoms with Crippen LogP contribution >= 0.6 is 23.2 Å². The highest BCUT2D eigenvalue weighted by atomic mass is 35.5. The first-order chi connectivity index (χ1) is 8.99. The summed E-state index contributed by atoms with van der Waals surface area (Å²) >= 11 is 11.6. The van der Waals surface area contributed by atoms with Crippen LogP contribution in [0.25, 0.3) is 0 Å². The highest BCUT2D eigenvalue weighted by Gasteiger charge is 2.15. The van der Waals surface area contributed by atoms with E-state index in [0.29, 0.717) is 5.56 Å². The zero-order valence-electron chi connectivity index (χ0n) is 9.75. The lowest BCUT2D eigenvalue weighted by Gasteiger charge is -2.09. The van der Waals surface area contributed by atoms with Gasteiger partial charge < -0.3 is 5.32 Å². The largest absolute Gasteiger partial charge is 0.317 e. The maximum atomic E-state index is 13.1. The van der Waals surface area contributed by atoms with Crippen molar-refractivity contribution in [3.8, 4) is 0 Å². The number of hydrogen-bond acceptors (Lipinski definition) is 3. The van der Waals surface area contributed by atoms with Gasteiger partial charge >= 0.3 is 0 Å². The second kappa shape index (κ2) is 5.50. The lowest BCUT2D eigenvalue weighted by atomic mass is 10.1. The molecule has 0 saturated heterocycles. The summed E-state index contributed by atoms with van der Waals surface area (Å²) in [6, 6.07) is 3.92. The van der Waals surface area contributed by atoms with Gasteiger partial charge in [-0.05, 0) is 24.6 Å². The number of nitrogens with zero attached hydrogens (tertiary/aromatic N) is 2. The smallest absolute Gasteiger partial charge is 0.256 e. The van der Waals surface area contributed by atoms with Crippen LogP contribution in [0.5, 0.6) is 0 Å². The van der Waals surface area contributed by atoms with E-state index in [9.17, 15) is 9.18 Å². The molecule has 19 heavy (non-hydrogen) atoms. The van der Waals surface area contributed by atoms with Gasteiger partial charge in [0.1, 0.15) is 17.8 Å². The maximum Gasteiger partial charge on any atom is 0.256 e. The molecule has 7 heteroatoms. The summed E-state index contributed by atoms with van der Waals surface area (Å²) in [5, 5.41) is 2.50. The molecular formula is C12H8Cl2FN3O. The Hall–Kier alpha value is -1.72. The van der Waals surface area contributed by atoms with Crippen molar-refractivity contribution in [2.75, 3.05) is 5.32 Å². The number of rotatable bonds is 2. The van der Waals surface area contributed by atoms with Crippen LogP contribution in [0.2, 0.25) is 10.3 Å². The molecule has 0 radical (unpaired) electrons. The molecule has 1 aromatic heterocycles. The van der Waals surface area contributed by atoms with Gasteiger partial charge in [-0.15, -0.1) is 0 Å². The molecule has 0 fully saturated rings. The number of aryl methyl sites for hydroxylation is 1. The Kier molecular flexibility index (Phi) is 3.97. The monoisotopic (exact) mass is 299 g/mol. The Morgan fingerprint density at radius 3 is 2.53 bits per heavy atom. The summed E-state index contributed by atoms with van der Waals surface area (Å²) in [6.45, 7) is 1.69. The van der Waals surface area contributed by atoms with Crippen molar-refractivity contribution >= 4 is 34.8 Å². The SMILES string of the molecule is Cc1ccc(F)cc1C(=O)Nc1c(Cl)ncnc1Cl. The van der Waals surface area contributed by atoms with Crippen LogP contribution in [0.15, 0.2) is 24.5 Å². The number of aromatic nitrogens is 2. The zero-order valence-corrected chi connectivity index (χ0v) is 11.3. The van der Waals surface area contributed by atoms with Crippen molar-refractivity contribution in [1.29, 1.82) is 0 Å². The Labute approximate surface area is 118 Å². The molecule has 0 aliphatic rings. The molecular weight excluding hydrogens is 292 g/mol. The zero-order chi connectivity index (χ0) is 14.0. The molecule has 0 saturated carbocycles. The Balaban J connectivity index is 2.34. The lowest BCUT2D eigenvalue weighted by Crippen LogP contribution is -2.15. The van der Waals surface area contributed by atoms with E-state index >= 15 is 0 Å². The van der Waals surface area contributed by atoms with Gasteiger partial charge in [0, 0.05) is 5.56 Å². The molecule has 4 nitrogen and oxygen atoms in total. The molecule has 1 N–H and O–H groups in total. The molecule has 0 unspecified atom stereocenters. The minimum Gasteiger partial charge on any atom is -0.317 e. The second-order valence-electron chi connectivity index (χ2n) is 3.74. The third-order valence-corrected chi connectivity index (χ3v) is 3.01. The molecule has 1 amide bonds. The quantitative estimate of drug-likeness (QED) is 0.864. The molecule has 0 aliphatic heterocycles. The number of amides is 1. The Bertz CT molecular complexity index is 629. The van der Waals surface area contributed by atoms with Crippen molar-refractivity contribution in [3.05, 3.63) is 51.8 Å². The molecule has 0 atom stereocenters. The van der Waals surface area contributed by atoms with Gasteiger partial charge in [0.25, 0.3) is 5.91 Å². The molecule has 0 spiro atoms. The summed E-state index contributed by atoms with van der Waals surface area (Å²) in [5.74, 6) is -1.03. The predicted molar refractivity (Wildman–Crippen MR) is 71.1 cm³/mol. The van der Waals surface area contributed by atoms with Gasteiger partial charge in [0.15, 0.2) is 10.3 Å². The maximum absolute atomic E-state index is 13.1. The predicted octanol–water partition coefficient (Wildman–Crippen LogP) is 3.48. The van der Waals surface area contributed by atoms with Gasteiger partial charge in [-0.1, -0.05) is 29.3 Å². The first-order valence-electron chi connectivity index (χ1n) is 5.22. The fraction of sp³-hybridized carbons (Fsp3) is 0.0833. The average Bonchev–Trinajstić information content (AvgIpc) is 2.37. The van der Waals surface area contributed by atoms with Gasteiger partial charge in [0.05, 0.1) is 0 Å². The van der Waals surface area contributed by atoms with E-state index in [0.717, 1.165) is 6.07 Å². The van der Waals surface area contributed by atoms with E-state index in [2.05, 4.69) is 15.3 Å². The van der Waals surface area contributed by atoms with E-state index < -0.39 is 11.7 Å².